The average Bonchev–Trinajstić information content (AvgIpc) is 2.75. The van der Waals surface area contributed by atoms with Crippen molar-refractivity contribution >= 4 is 32.9 Å². The van der Waals surface area contributed by atoms with Gasteiger partial charge in [0.2, 0.25) is 5.95 Å². The van der Waals surface area contributed by atoms with Gasteiger partial charge in [-0.3, -0.25) is 0 Å². The van der Waals surface area contributed by atoms with Crippen molar-refractivity contribution in [3.05, 3.63) is 58.3 Å². The van der Waals surface area contributed by atoms with Crippen LogP contribution < -0.4 is 5.73 Å². The first-order chi connectivity index (χ1) is 10.1. The fourth-order valence-corrected chi connectivity index (χ4v) is 2.95. The van der Waals surface area contributed by atoms with E-state index in [1.165, 1.54) is 11.6 Å². The molecule has 3 nitrogen and oxygen atoms in total. The third-order valence-electron chi connectivity index (χ3n) is 3.57. The normalized spacial score (nSPS) is 12.7. The molecule has 1 unspecified atom stereocenters. The summed E-state index contributed by atoms with van der Waals surface area (Å²) in [6.07, 6.45) is 0.814. The minimum Gasteiger partial charge on any atom is -0.369 e. The Kier molecular flexibility index (Phi) is 3.68. The Morgan fingerprint density at radius 1 is 1.29 bits per heavy atom. The van der Waals surface area contributed by atoms with Gasteiger partial charge in [0.05, 0.1) is 15.5 Å². The van der Waals surface area contributed by atoms with Crippen molar-refractivity contribution in [1.82, 2.24) is 9.55 Å². The molecule has 0 aliphatic carbocycles. The largest absolute Gasteiger partial charge is 0.369 e. The number of fused-ring (bicyclic) bond motifs is 1. The van der Waals surface area contributed by atoms with E-state index in [1.807, 2.05) is 22.8 Å². The molecule has 0 saturated heterocycles. The number of rotatable bonds is 3. The molecule has 3 rings (SSSR count). The Bertz CT molecular complexity index is 783. The smallest absolute Gasteiger partial charge is 0.201 e. The van der Waals surface area contributed by atoms with Crippen LogP contribution in [-0.2, 0) is 6.42 Å². The minimum atomic E-state index is -0.310. The first-order valence-electron chi connectivity index (χ1n) is 6.72. The Hall–Kier alpha value is -1.88. The van der Waals surface area contributed by atoms with Gasteiger partial charge in [-0.15, -0.1) is 0 Å². The molecule has 1 heterocycles. The Morgan fingerprint density at radius 2 is 2.00 bits per heavy atom. The predicted octanol–water partition coefficient (Wildman–Crippen LogP) is 4.32. The van der Waals surface area contributed by atoms with Gasteiger partial charge in [0.25, 0.3) is 0 Å². The maximum atomic E-state index is 13.8. The zero-order chi connectivity index (χ0) is 15.0. The maximum absolute atomic E-state index is 13.8. The Balaban J connectivity index is 2.03. The number of nitrogens with two attached hydrogens (primary N) is 1. The molecule has 2 aromatic carbocycles. The van der Waals surface area contributed by atoms with Crippen molar-refractivity contribution in [2.45, 2.75) is 19.4 Å². The van der Waals surface area contributed by atoms with E-state index in [4.69, 9.17) is 5.73 Å². The fourth-order valence-electron chi connectivity index (χ4n) is 2.62. The summed E-state index contributed by atoms with van der Waals surface area (Å²) in [5.74, 6) is 0.0986. The molecule has 2 N–H and O–H groups in total. The van der Waals surface area contributed by atoms with Crippen LogP contribution in [0.5, 0.6) is 0 Å². The van der Waals surface area contributed by atoms with Crippen LogP contribution in [0.4, 0.5) is 10.3 Å². The molecule has 108 valence electrons. The number of hydrogen-bond donors (Lipinski definition) is 1. The lowest BCUT2D eigenvalue weighted by atomic mass is 10.1. The summed E-state index contributed by atoms with van der Waals surface area (Å²) in [5, 5.41) is 0. The minimum absolute atomic E-state index is 0.0953. The van der Waals surface area contributed by atoms with Crippen LogP contribution >= 0.6 is 15.9 Å². The molecule has 0 aliphatic rings. The number of benzene rings is 2. The number of nitrogen functional groups attached to an aromatic ring is 1. The van der Waals surface area contributed by atoms with Crippen molar-refractivity contribution in [2.75, 3.05) is 5.73 Å². The number of hydrogen-bond acceptors (Lipinski definition) is 2. The molecule has 1 atom stereocenters. The van der Waals surface area contributed by atoms with Crippen molar-refractivity contribution in [3.8, 4) is 0 Å². The first-order valence-corrected chi connectivity index (χ1v) is 7.52. The second-order valence-electron chi connectivity index (χ2n) is 5.13. The molecule has 0 amide bonds. The second-order valence-corrected chi connectivity index (χ2v) is 5.99. The monoisotopic (exact) mass is 347 g/mol. The quantitative estimate of drug-likeness (QED) is 0.766. The van der Waals surface area contributed by atoms with E-state index in [2.05, 4.69) is 40.0 Å². The second kappa shape index (κ2) is 5.48. The highest BCUT2D eigenvalue weighted by Gasteiger charge is 2.16. The summed E-state index contributed by atoms with van der Waals surface area (Å²) in [6.45, 7) is 2.06. The molecule has 0 saturated carbocycles. The highest BCUT2D eigenvalue weighted by Crippen LogP contribution is 2.28. The molecule has 0 bridgehead atoms. The van der Waals surface area contributed by atoms with Crippen LogP contribution in [0.25, 0.3) is 11.0 Å². The zero-order valence-electron chi connectivity index (χ0n) is 11.6. The van der Waals surface area contributed by atoms with Gasteiger partial charge in [-0.2, -0.15) is 0 Å². The van der Waals surface area contributed by atoms with Crippen LogP contribution in [0.3, 0.4) is 0 Å². The van der Waals surface area contributed by atoms with Gasteiger partial charge >= 0.3 is 0 Å². The highest BCUT2D eigenvalue weighted by atomic mass is 79.9. The van der Waals surface area contributed by atoms with Gasteiger partial charge in [0.15, 0.2) is 0 Å². The van der Waals surface area contributed by atoms with Gasteiger partial charge in [-0.1, -0.05) is 30.3 Å². The van der Waals surface area contributed by atoms with E-state index in [0.717, 1.165) is 11.9 Å². The third kappa shape index (κ3) is 2.65. The fraction of sp³-hybridized carbons (Fsp3) is 0.188. The third-order valence-corrected chi connectivity index (χ3v) is 4.18. The van der Waals surface area contributed by atoms with E-state index >= 15 is 0 Å². The predicted molar refractivity (Wildman–Crippen MR) is 86.7 cm³/mol. The molecular weight excluding hydrogens is 333 g/mol. The Labute approximate surface area is 130 Å². The average molecular weight is 348 g/mol. The van der Waals surface area contributed by atoms with Gasteiger partial charge in [0, 0.05) is 12.1 Å². The molecule has 5 heteroatoms. The molecular formula is C16H15BrFN3. The summed E-state index contributed by atoms with van der Waals surface area (Å²) in [5.41, 5.74) is 8.65. The molecule has 0 aliphatic heterocycles. The molecule has 1 aromatic heterocycles. The number of nitrogens with zero attached hydrogens (tertiary/aromatic N) is 2. The number of halogens is 2. The van der Waals surface area contributed by atoms with E-state index < -0.39 is 0 Å². The molecule has 21 heavy (non-hydrogen) atoms. The van der Waals surface area contributed by atoms with Gasteiger partial charge in [0.1, 0.15) is 5.82 Å². The SMILES string of the molecule is CC(Cc1ccccc1)n1c(N)nc2cc(Br)c(F)cc21. The number of aromatic nitrogens is 2. The molecule has 3 aromatic rings. The van der Waals surface area contributed by atoms with Crippen molar-refractivity contribution in [3.63, 3.8) is 0 Å². The maximum Gasteiger partial charge on any atom is 0.201 e. The molecule has 0 fully saturated rings. The topological polar surface area (TPSA) is 43.8 Å². The molecule has 0 spiro atoms. The van der Waals surface area contributed by atoms with Crippen LogP contribution in [-0.4, -0.2) is 9.55 Å². The van der Waals surface area contributed by atoms with Crippen molar-refractivity contribution in [1.29, 1.82) is 0 Å². The number of imidazole rings is 1. The van der Waals surface area contributed by atoms with Crippen LogP contribution in [0, 0.1) is 5.82 Å². The summed E-state index contributed by atoms with van der Waals surface area (Å²) in [4.78, 5) is 4.32. The van der Waals surface area contributed by atoms with Crippen LogP contribution in [0.2, 0.25) is 0 Å². The summed E-state index contributed by atoms with van der Waals surface area (Å²) < 4.78 is 16.1. The zero-order valence-corrected chi connectivity index (χ0v) is 13.1. The van der Waals surface area contributed by atoms with Crippen LogP contribution in [0.1, 0.15) is 18.5 Å². The van der Waals surface area contributed by atoms with Gasteiger partial charge in [-0.25, -0.2) is 9.37 Å². The summed E-state index contributed by atoms with van der Waals surface area (Å²) in [6, 6.07) is 13.4. The van der Waals surface area contributed by atoms with Crippen LogP contribution in [0.15, 0.2) is 46.9 Å². The van der Waals surface area contributed by atoms with Gasteiger partial charge < -0.3 is 10.3 Å². The summed E-state index contributed by atoms with van der Waals surface area (Å²) >= 11 is 3.18. The van der Waals surface area contributed by atoms with E-state index in [-0.39, 0.29) is 11.9 Å². The lowest BCUT2D eigenvalue weighted by molar-refractivity contribution is 0.564. The number of anilines is 1. The lowest BCUT2D eigenvalue weighted by Crippen LogP contribution is -2.11. The van der Waals surface area contributed by atoms with E-state index in [1.54, 1.807) is 6.07 Å². The highest BCUT2D eigenvalue weighted by molar-refractivity contribution is 9.10. The van der Waals surface area contributed by atoms with E-state index in [0.29, 0.717) is 15.9 Å². The first kappa shape index (κ1) is 14.1. The van der Waals surface area contributed by atoms with E-state index in [9.17, 15) is 4.39 Å². The Morgan fingerprint density at radius 3 is 2.71 bits per heavy atom. The standard InChI is InChI=1S/C16H15BrFN3/c1-10(7-11-5-3-2-4-6-11)21-15-9-13(18)12(17)8-14(15)20-16(21)19/h2-6,8-10H,7H2,1H3,(H2,19,20). The van der Waals surface area contributed by atoms with Gasteiger partial charge in [-0.05, 0) is 40.9 Å². The van der Waals surface area contributed by atoms with Crippen molar-refractivity contribution < 1.29 is 4.39 Å². The summed E-state index contributed by atoms with van der Waals surface area (Å²) in [7, 11) is 0. The molecule has 0 radical (unpaired) electrons. The van der Waals surface area contributed by atoms with Crippen molar-refractivity contribution in [2.24, 2.45) is 0 Å². The lowest BCUT2D eigenvalue weighted by Gasteiger charge is -2.16.